The molecule has 0 aliphatic heterocycles. The van der Waals surface area contributed by atoms with E-state index in [1.807, 2.05) is 12.1 Å². The molecule has 0 unspecified atom stereocenters. The summed E-state index contributed by atoms with van der Waals surface area (Å²) < 4.78 is 0.714. The Labute approximate surface area is 79.2 Å². The zero-order chi connectivity index (χ0) is 8.55. The maximum absolute atomic E-state index is 5.91. The van der Waals surface area contributed by atoms with Crippen molar-refractivity contribution < 1.29 is 0 Å². The molecule has 2 nitrogen and oxygen atoms in total. The minimum absolute atomic E-state index is 0.645. The molecule has 0 fully saturated rings. The molecule has 0 saturated heterocycles. The highest BCUT2D eigenvalue weighted by molar-refractivity contribution is 7.71. The van der Waals surface area contributed by atoms with Gasteiger partial charge in [-0.1, -0.05) is 36.0 Å². The summed E-state index contributed by atoms with van der Waals surface area (Å²) in [5, 5.41) is 8.25. The highest BCUT2D eigenvalue weighted by atomic mass is 35.5. The van der Waals surface area contributed by atoms with Crippen LogP contribution in [0.3, 0.4) is 0 Å². The van der Waals surface area contributed by atoms with Crippen molar-refractivity contribution in [3.63, 3.8) is 0 Å². The average molecular weight is 197 g/mol. The van der Waals surface area contributed by atoms with E-state index < -0.39 is 0 Å². The van der Waals surface area contributed by atoms with E-state index in [4.69, 9.17) is 23.8 Å². The fraction of sp³-hybridized carbons (Fsp3) is 0. The summed E-state index contributed by atoms with van der Waals surface area (Å²) in [6, 6.07) is 5.59. The molecule has 0 saturated carbocycles. The molecule has 60 valence electrons. The molecule has 0 bridgehead atoms. The number of aromatic nitrogens is 2. The summed E-state index contributed by atoms with van der Waals surface area (Å²) in [7, 11) is 0. The van der Waals surface area contributed by atoms with Gasteiger partial charge in [0.05, 0.1) is 21.2 Å². The van der Waals surface area contributed by atoms with E-state index in [9.17, 15) is 0 Å². The number of nitrogens with one attached hydrogen (secondary N) is 1. The summed E-state index contributed by atoms with van der Waals surface area (Å²) >= 11 is 11.0. The third kappa shape index (κ3) is 1.11. The second-order valence-electron chi connectivity index (χ2n) is 2.40. The van der Waals surface area contributed by atoms with Gasteiger partial charge in [-0.2, -0.15) is 5.10 Å². The zero-order valence-electron chi connectivity index (χ0n) is 6.04. The van der Waals surface area contributed by atoms with Gasteiger partial charge in [0.25, 0.3) is 0 Å². The van der Waals surface area contributed by atoms with Crippen LogP contribution in [-0.2, 0) is 0 Å². The molecule has 2 rings (SSSR count). The van der Waals surface area contributed by atoms with E-state index in [-0.39, 0.29) is 0 Å². The van der Waals surface area contributed by atoms with Crippen LogP contribution in [0.1, 0.15) is 0 Å². The van der Waals surface area contributed by atoms with Crippen molar-refractivity contribution in [2.75, 3.05) is 0 Å². The first-order valence-corrected chi connectivity index (χ1v) is 4.19. The van der Waals surface area contributed by atoms with E-state index in [1.54, 1.807) is 12.3 Å². The number of rotatable bonds is 0. The molecule has 1 N–H and O–H groups in total. The van der Waals surface area contributed by atoms with Crippen molar-refractivity contribution in [3.8, 4) is 0 Å². The maximum Gasteiger partial charge on any atom is 0.0835 e. The number of aromatic amines is 1. The number of hydrogen-bond donors (Lipinski definition) is 1. The fourth-order valence-corrected chi connectivity index (χ4v) is 1.51. The molecule has 0 spiro atoms. The molecule has 0 radical (unpaired) electrons. The van der Waals surface area contributed by atoms with E-state index in [0.717, 1.165) is 10.9 Å². The van der Waals surface area contributed by atoms with Gasteiger partial charge in [-0.25, -0.2) is 0 Å². The Morgan fingerprint density at radius 1 is 1.42 bits per heavy atom. The minimum atomic E-state index is 0.645. The molecule has 1 aromatic carbocycles. The van der Waals surface area contributed by atoms with Gasteiger partial charge >= 0.3 is 0 Å². The number of para-hydroxylation sites is 1. The van der Waals surface area contributed by atoms with Crippen LogP contribution in [0.2, 0.25) is 5.02 Å². The summed E-state index contributed by atoms with van der Waals surface area (Å²) in [5.41, 5.74) is 0.798. The number of nitrogens with zero attached hydrogens (tertiary/aromatic N) is 1. The molecular weight excluding hydrogens is 192 g/mol. The first-order chi connectivity index (χ1) is 5.79. The van der Waals surface area contributed by atoms with E-state index in [2.05, 4.69) is 10.2 Å². The van der Waals surface area contributed by atoms with Crippen molar-refractivity contribution in [2.45, 2.75) is 0 Å². The van der Waals surface area contributed by atoms with E-state index in [1.165, 1.54) is 0 Å². The Morgan fingerprint density at radius 3 is 3.00 bits per heavy atom. The van der Waals surface area contributed by atoms with Crippen LogP contribution in [0.5, 0.6) is 0 Å². The van der Waals surface area contributed by atoms with E-state index >= 15 is 0 Å². The van der Waals surface area contributed by atoms with E-state index in [0.29, 0.717) is 9.53 Å². The third-order valence-electron chi connectivity index (χ3n) is 1.64. The van der Waals surface area contributed by atoms with Crippen molar-refractivity contribution in [3.05, 3.63) is 33.9 Å². The molecule has 1 heterocycles. The summed E-state index contributed by atoms with van der Waals surface area (Å²) in [6.07, 6.45) is 1.61. The molecule has 0 amide bonds. The normalized spacial score (nSPS) is 10.4. The van der Waals surface area contributed by atoms with Crippen LogP contribution in [0, 0.1) is 4.51 Å². The Hall–Kier alpha value is -0.930. The molecule has 12 heavy (non-hydrogen) atoms. The first-order valence-electron chi connectivity index (χ1n) is 3.41. The van der Waals surface area contributed by atoms with Crippen LogP contribution in [-0.4, -0.2) is 10.2 Å². The Bertz CT molecular complexity index is 478. The van der Waals surface area contributed by atoms with Gasteiger partial charge in [-0.15, -0.1) is 0 Å². The Balaban J connectivity index is 3.05. The van der Waals surface area contributed by atoms with Crippen molar-refractivity contribution in [2.24, 2.45) is 0 Å². The van der Waals surface area contributed by atoms with Crippen LogP contribution in [0.15, 0.2) is 24.4 Å². The zero-order valence-corrected chi connectivity index (χ0v) is 7.62. The SMILES string of the molecule is S=c1cn[nH]c2c(Cl)cccc12. The topological polar surface area (TPSA) is 28.7 Å². The van der Waals surface area contributed by atoms with Crippen LogP contribution in [0.25, 0.3) is 10.9 Å². The molecule has 1 aromatic heterocycles. The number of H-pyrrole nitrogens is 1. The fourth-order valence-electron chi connectivity index (χ4n) is 1.07. The monoisotopic (exact) mass is 196 g/mol. The van der Waals surface area contributed by atoms with Gasteiger partial charge in [0.1, 0.15) is 0 Å². The third-order valence-corrected chi connectivity index (χ3v) is 2.28. The van der Waals surface area contributed by atoms with Crippen molar-refractivity contribution in [1.82, 2.24) is 10.2 Å². The highest BCUT2D eigenvalue weighted by Gasteiger charge is 1.98. The Morgan fingerprint density at radius 2 is 2.25 bits per heavy atom. The number of fused-ring (bicyclic) bond motifs is 1. The quantitative estimate of drug-likeness (QED) is 0.657. The largest absolute Gasteiger partial charge is 0.276 e. The second kappa shape index (κ2) is 2.84. The van der Waals surface area contributed by atoms with Crippen molar-refractivity contribution in [1.29, 1.82) is 0 Å². The summed E-state index contributed by atoms with van der Waals surface area (Å²) in [5.74, 6) is 0. The summed E-state index contributed by atoms with van der Waals surface area (Å²) in [4.78, 5) is 0. The molecule has 2 aromatic rings. The van der Waals surface area contributed by atoms with Crippen LogP contribution >= 0.6 is 23.8 Å². The molecule has 4 heteroatoms. The van der Waals surface area contributed by atoms with Crippen molar-refractivity contribution >= 4 is 34.7 Å². The van der Waals surface area contributed by atoms with Crippen LogP contribution < -0.4 is 0 Å². The number of benzene rings is 1. The van der Waals surface area contributed by atoms with Gasteiger partial charge in [0.2, 0.25) is 0 Å². The predicted octanol–water partition coefficient (Wildman–Crippen LogP) is 2.95. The first kappa shape index (κ1) is 7.71. The number of halogens is 1. The van der Waals surface area contributed by atoms with Gasteiger partial charge < -0.3 is 0 Å². The lowest BCUT2D eigenvalue weighted by Gasteiger charge is -1.97. The molecule has 0 atom stereocenters. The van der Waals surface area contributed by atoms with Gasteiger partial charge in [-0.05, 0) is 6.07 Å². The lowest BCUT2D eigenvalue weighted by atomic mass is 10.2. The van der Waals surface area contributed by atoms with Gasteiger partial charge in [-0.3, -0.25) is 5.10 Å². The average Bonchev–Trinajstić information content (AvgIpc) is 2.07. The van der Waals surface area contributed by atoms with Crippen LogP contribution in [0.4, 0.5) is 0 Å². The highest BCUT2D eigenvalue weighted by Crippen LogP contribution is 2.20. The number of hydrogen-bond acceptors (Lipinski definition) is 2. The molecular formula is C8H5ClN2S. The molecule has 0 aliphatic carbocycles. The van der Waals surface area contributed by atoms with Gasteiger partial charge in [0, 0.05) is 5.39 Å². The lowest BCUT2D eigenvalue weighted by Crippen LogP contribution is -1.83. The Kier molecular flexibility index (Phi) is 1.83. The van der Waals surface area contributed by atoms with Gasteiger partial charge in [0.15, 0.2) is 0 Å². The maximum atomic E-state index is 5.91. The smallest absolute Gasteiger partial charge is 0.0835 e. The second-order valence-corrected chi connectivity index (χ2v) is 3.24. The standard InChI is InChI=1S/C8H5ClN2S/c9-6-3-1-2-5-7(12)4-10-11-8(5)6/h1-4H,(H,11,12). The summed E-state index contributed by atoms with van der Waals surface area (Å²) in [6.45, 7) is 0. The lowest BCUT2D eigenvalue weighted by molar-refractivity contribution is 1.07. The predicted molar refractivity (Wildman–Crippen MR) is 51.9 cm³/mol. The minimum Gasteiger partial charge on any atom is -0.276 e. The molecule has 0 aliphatic rings.